The van der Waals surface area contributed by atoms with Gasteiger partial charge in [-0.05, 0) is 26.7 Å². The largest absolute Gasteiger partial charge is 0.466 e. The third kappa shape index (κ3) is 1.44. The van der Waals surface area contributed by atoms with Gasteiger partial charge in [-0.25, -0.2) is 0 Å². The van der Waals surface area contributed by atoms with Crippen LogP contribution in [0, 0.1) is 5.92 Å². The Balaban J connectivity index is 1.97. The van der Waals surface area contributed by atoms with E-state index in [1.54, 1.807) is 0 Å². The van der Waals surface area contributed by atoms with Crippen LogP contribution in [0.1, 0.15) is 39.5 Å². The molecule has 0 amide bonds. The van der Waals surface area contributed by atoms with E-state index in [0.717, 1.165) is 12.8 Å². The van der Waals surface area contributed by atoms with E-state index in [2.05, 4.69) is 0 Å². The number of carbonyl (C=O) groups excluding carboxylic acids is 1. The van der Waals surface area contributed by atoms with Crippen molar-refractivity contribution in [2.24, 2.45) is 5.92 Å². The molecule has 1 saturated carbocycles. The Morgan fingerprint density at radius 1 is 1.64 bits per heavy atom. The summed E-state index contributed by atoms with van der Waals surface area (Å²) in [5.74, 6) is -0.190. The fourth-order valence-corrected chi connectivity index (χ4v) is 2.55. The zero-order valence-electron chi connectivity index (χ0n) is 8.91. The monoisotopic (exact) mass is 198 g/mol. The molecule has 3 heteroatoms. The minimum Gasteiger partial charge on any atom is -0.466 e. The second kappa shape index (κ2) is 3.54. The summed E-state index contributed by atoms with van der Waals surface area (Å²) in [4.78, 5) is 11.6. The first-order valence-electron chi connectivity index (χ1n) is 5.55. The Morgan fingerprint density at radius 2 is 2.43 bits per heavy atom. The minimum atomic E-state index is -0.148. The summed E-state index contributed by atoms with van der Waals surface area (Å²) in [5, 5.41) is 0. The molecule has 1 aliphatic carbocycles. The lowest BCUT2D eigenvalue weighted by atomic mass is 9.80. The SMILES string of the molecule is CCOC(=O)C(C)C12CCCCC1O2. The molecule has 80 valence electrons. The fraction of sp³-hybridized carbons (Fsp3) is 0.909. The Labute approximate surface area is 84.8 Å². The van der Waals surface area contributed by atoms with E-state index in [0.29, 0.717) is 12.7 Å². The molecule has 0 aromatic heterocycles. The highest BCUT2D eigenvalue weighted by atomic mass is 16.6. The summed E-state index contributed by atoms with van der Waals surface area (Å²) >= 11 is 0. The van der Waals surface area contributed by atoms with E-state index >= 15 is 0 Å². The summed E-state index contributed by atoms with van der Waals surface area (Å²) < 4.78 is 10.7. The van der Waals surface area contributed by atoms with Gasteiger partial charge in [0.1, 0.15) is 5.60 Å². The highest BCUT2D eigenvalue weighted by Gasteiger charge is 2.62. The molecule has 0 aromatic rings. The van der Waals surface area contributed by atoms with Gasteiger partial charge in [0, 0.05) is 0 Å². The number of carbonyl (C=O) groups is 1. The first-order chi connectivity index (χ1) is 6.70. The second-order valence-electron chi connectivity index (χ2n) is 4.28. The topological polar surface area (TPSA) is 38.8 Å². The normalized spacial score (nSPS) is 37.1. The highest BCUT2D eigenvalue weighted by molar-refractivity contribution is 5.74. The number of hydrogen-bond acceptors (Lipinski definition) is 3. The molecule has 2 fully saturated rings. The molecule has 3 nitrogen and oxygen atoms in total. The molecule has 0 aromatic carbocycles. The van der Waals surface area contributed by atoms with Crippen molar-refractivity contribution in [1.29, 1.82) is 0 Å². The van der Waals surface area contributed by atoms with E-state index in [-0.39, 0.29) is 17.5 Å². The number of epoxide rings is 1. The molecule has 3 atom stereocenters. The van der Waals surface area contributed by atoms with Crippen molar-refractivity contribution in [3.63, 3.8) is 0 Å². The van der Waals surface area contributed by atoms with Gasteiger partial charge >= 0.3 is 5.97 Å². The Hall–Kier alpha value is -0.570. The first-order valence-corrected chi connectivity index (χ1v) is 5.55. The lowest BCUT2D eigenvalue weighted by Crippen LogP contribution is -2.34. The van der Waals surface area contributed by atoms with E-state index in [9.17, 15) is 4.79 Å². The Morgan fingerprint density at radius 3 is 3.07 bits per heavy atom. The van der Waals surface area contributed by atoms with Crippen LogP contribution in [0.5, 0.6) is 0 Å². The molecule has 0 N–H and O–H groups in total. The fourth-order valence-electron chi connectivity index (χ4n) is 2.55. The predicted octanol–water partition coefficient (Wildman–Crippen LogP) is 1.90. The molecule has 2 aliphatic rings. The molecule has 0 bridgehead atoms. The van der Waals surface area contributed by atoms with Crippen LogP contribution >= 0.6 is 0 Å². The summed E-state index contributed by atoms with van der Waals surface area (Å²) in [5.41, 5.74) is -0.148. The van der Waals surface area contributed by atoms with E-state index in [4.69, 9.17) is 9.47 Å². The van der Waals surface area contributed by atoms with Crippen molar-refractivity contribution in [3.8, 4) is 0 Å². The van der Waals surface area contributed by atoms with E-state index < -0.39 is 0 Å². The number of fused-ring (bicyclic) bond motifs is 1. The quantitative estimate of drug-likeness (QED) is 0.513. The molecule has 1 heterocycles. The molecule has 0 radical (unpaired) electrons. The van der Waals surface area contributed by atoms with E-state index in [1.165, 1.54) is 12.8 Å². The van der Waals surface area contributed by atoms with Gasteiger partial charge in [-0.1, -0.05) is 12.8 Å². The summed E-state index contributed by atoms with van der Waals surface area (Å²) in [6.07, 6.45) is 4.89. The summed E-state index contributed by atoms with van der Waals surface area (Å²) in [6.45, 7) is 4.24. The zero-order valence-corrected chi connectivity index (χ0v) is 8.91. The number of hydrogen-bond donors (Lipinski definition) is 0. The van der Waals surface area contributed by atoms with Gasteiger partial charge in [-0.3, -0.25) is 4.79 Å². The van der Waals surface area contributed by atoms with Crippen LogP contribution in [0.3, 0.4) is 0 Å². The van der Waals surface area contributed by atoms with Crippen LogP contribution in [0.15, 0.2) is 0 Å². The molecule has 1 saturated heterocycles. The maximum Gasteiger partial charge on any atom is 0.311 e. The van der Waals surface area contributed by atoms with Crippen LogP contribution in [0.25, 0.3) is 0 Å². The van der Waals surface area contributed by atoms with Crippen LogP contribution in [-0.4, -0.2) is 24.3 Å². The maximum absolute atomic E-state index is 11.6. The highest BCUT2D eigenvalue weighted by Crippen LogP contribution is 2.52. The zero-order chi connectivity index (χ0) is 10.2. The second-order valence-corrected chi connectivity index (χ2v) is 4.28. The first kappa shape index (κ1) is 9.97. The third-order valence-corrected chi connectivity index (χ3v) is 3.51. The predicted molar refractivity (Wildman–Crippen MR) is 51.9 cm³/mol. The summed E-state index contributed by atoms with van der Waals surface area (Å²) in [7, 11) is 0. The third-order valence-electron chi connectivity index (χ3n) is 3.51. The molecule has 1 aliphatic heterocycles. The smallest absolute Gasteiger partial charge is 0.311 e. The van der Waals surface area contributed by atoms with Gasteiger partial charge in [0.15, 0.2) is 0 Å². The van der Waals surface area contributed by atoms with Crippen molar-refractivity contribution < 1.29 is 14.3 Å². The van der Waals surface area contributed by atoms with Gasteiger partial charge < -0.3 is 9.47 Å². The minimum absolute atomic E-state index is 0.0900. The molecule has 0 spiro atoms. The molecule has 3 unspecified atom stereocenters. The Kier molecular flexibility index (Phi) is 2.52. The van der Waals surface area contributed by atoms with Gasteiger partial charge in [0.25, 0.3) is 0 Å². The van der Waals surface area contributed by atoms with Gasteiger partial charge in [-0.2, -0.15) is 0 Å². The van der Waals surface area contributed by atoms with Gasteiger partial charge in [-0.15, -0.1) is 0 Å². The molecule has 2 rings (SSSR count). The number of rotatable bonds is 3. The lowest BCUT2D eigenvalue weighted by Gasteiger charge is -2.22. The van der Waals surface area contributed by atoms with Crippen LogP contribution in [0.4, 0.5) is 0 Å². The number of esters is 1. The lowest BCUT2D eigenvalue weighted by molar-refractivity contribution is -0.150. The van der Waals surface area contributed by atoms with E-state index in [1.807, 2.05) is 13.8 Å². The average Bonchev–Trinajstić information content (AvgIpc) is 2.92. The van der Waals surface area contributed by atoms with Crippen molar-refractivity contribution in [3.05, 3.63) is 0 Å². The van der Waals surface area contributed by atoms with Crippen molar-refractivity contribution >= 4 is 5.97 Å². The van der Waals surface area contributed by atoms with Crippen LogP contribution < -0.4 is 0 Å². The standard InChI is InChI=1S/C11H18O3/c1-3-13-10(12)8(2)11-7-5-4-6-9(11)14-11/h8-9H,3-7H2,1-2H3. The average molecular weight is 198 g/mol. The van der Waals surface area contributed by atoms with Gasteiger partial charge in [0.05, 0.1) is 18.6 Å². The molecular formula is C11H18O3. The maximum atomic E-state index is 11.6. The van der Waals surface area contributed by atoms with Crippen molar-refractivity contribution in [1.82, 2.24) is 0 Å². The molecular weight excluding hydrogens is 180 g/mol. The Bertz CT molecular complexity index is 239. The van der Waals surface area contributed by atoms with Crippen LogP contribution in [0.2, 0.25) is 0 Å². The van der Waals surface area contributed by atoms with Crippen LogP contribution in [-0.2, 0) is 14.3 Å². The summed E-state index contributed by atoms with van der Waals surface area (Å²) in [6, 6.07) is 0. The van der Waals surface area contributed by atoms with Crippen molar-refractivity contribution in [2.45, 2.75) is 51.2 Å². The van der Waals surface area contributed by atoms with Crippen molar-refractivity contribution in [2.75, 3.05) is 6.61 Å². The number of ether oxygens (including phenoxy) is 2. The molecule has 14 heavy (non-hydrogen) atoms. The van der Waals surface area contributed by atoms with Gasteiger partial charge in [0.2, 0.25) is 0 Å².